The summed E-state index contributed by atoms with van der Waals surface area (Å²) in [7, 11) is 3.75. The van der Waals surface area contributed by atoms with E-state index in [1.54, 1.807) is 25.3 Å². The Morgan fingerprint density at radius 1 is 1.26 bits per heavy atom. The summed E-state index contributed by atoms with van der Waals surface area (Å²) >= 11 is 8.02. The summed E-state index contributed by atoms with van der Waals surface area (Å²) in [5.74, 6) is 0.584. The first-order chi connectivity index (χ1) is 15.0. The Kier molecular flexibility index (Phi) is 5.20. The molecule has 1 atom stereocenters. The van der Waals surface area contributed by atoms with Gasteiger partial charge in [-0.25, -0.2) is 4.79 Å². The van der Waals surface area contributed by atoms with Gasteiger partial charge in [-0.05, 0) is 56.3 Å². The fourth-order valence-electron chi connectivity index (χ4n) is 4.54. The maximum absolute atomic E-state index is 13.5. The van der Waals surface area contributed by atoms with Gasteiger partial charge in [0, 0.05) is 40.4 Å². The summed E-state index contributed by atoms with van der Waals surface area (Å²) in [5, 5.41) is 4.81. The van der Waals surface area contributed by atoms with Crippen molar-refractivity contribution in [2.24, 2.45) is 0 Å². The lowest BCUT2D eigenvalue weighted by Crippen LogP contribution is -2.36. The quantitative estimate of drug-likeness (QED) is 0.569. The minimum Gasteiger partial charge on any atom is -0.495 e. The second-order valence-corrected chi connectivity index (χ2v) is 9.68. The van der Waals surface area contributed by atoms with Crippen molar-refractivity contribution in [2.75, 3.05) is 26.0 Å². The highest BCUT2D eigenvalue weighted by molar-refractivity contribution is 7.15. The number of anilines is 1. The Hall–Kier alpha value is -2.48. The van der Waals surface area contributed by atoms with Gasteiger partial charge < -0.3 is 24.4 Å². The van der Waals surface area contributed by atoms with E-state index >= 15 is 0 Å². The average molecular weight is 457 g/mol. The van der Waals surface area contributed by atoms with Crippen molar-refractivity contribution < 1.29 is 9.53 Å². The lowest BCUT2D eigenvalue weighted by atomic mass is 10.0. The van der Waals surface area contributed by atoms with Crippen LogP contribution < -0.4 is 10.1 Å². The molecule has 0 spiro atoms. The SMILES string of the molecule is COc1ccc(Cl)cc1NC(=O)N1Cc2c(sc3c2CCN(C)C3)-n2cccc2[C@H]1C. The third-order valence-electron chi connectivity index (χ3n) is 6.22. The Labute approximate surface area is 191 Å². The molecule has 0 fully saturated rings. The van der Waals surface area contributed by atoms with Crippen molar-refractivity contribution in [2.45, 2.75) is 32.5 Å². The van der Waals surface area contributed by atoms with Crippen LogP contribution in [0.3, 0.4) is 0 Å². The van der Waals surface area contributed by atoms with Gasteiger partial charge in [-0.15, -0.1) is 11.3 Å². The molecule has 8 heteroatoms. The summed E-state index contributed by atoms with van der Waals surface area (Å²) in [6.45, 7) is 4.65. The zero-order chi connectivity index (χ0) is 21.7. The van der Waals surface area contributed by atoms with Gasteiger partial charge in [0.1, 0.15) is 10.8 Å². The van der Waals surface area contributed by atoms with Crippen LogP contribution in [0.2, 0.25) is 5.02 Å². The maximum atomic E-state index is 13.5. The number of halogens is 1. The van der Waals surface area contributed by atoms with Crippen molar-refractivity contribution in [1.29, 1.82) is 0 Å². The third kappa shape index (κ3) is 3.50. The number of fused-ring (bicyclic) bond motifs is 5. The molecule has 2 aromatic heterocycles. The lowest BCUT2D eigenvalue weighted by Gasteiger charge is -2.29. The number of amides is 2. The zero-order valence-corrected chi connectivity index (χ0v) is 19.4. The number of carbonyl (C=O) groups excluding carboxylic acids is 1. The maximum Gasteiger partial charge on any atom is 0.322 e. The Balaban J connectivity index is 1.54. The minimum atomic E-state index is -0.165. The number of hydrogen-bond donors (Lipinski definition) is 1. The molecular formula is C23H25ClN4O2S. The summed E-state index contributed by atoms with van der Waals surface area (Å²) < 4.78 is 7.67. The number of ether oxygens (including phenoxy) is 1. The number of nitrogens with zero attached hydrogens (tertiary/aromatic N) is 3. The first-order valence-corrected chi connectivity index (χ1v) is 11.6. The van der Waals surface area contributed by atoms with Gasteiger partial charge in [-0.2, -0.15) is 0 Å². The Morgan fingerprint density at radius 2 is 2.10 bits per heavy atom. The first kappa shape index (κ1) is 20.4. The molecule has 31 heavy (non-hydrogen) atoms. The van der Waals surface area contributed by atoms with E-state index in [4.69, 9.17) is 16.3 Å². The minimum absolute atomic E-state index is 0.0818. The molecule has 3 aromatic rings. The van der Waals surface area contributed by atoms with E-state index in [1.165, 1.54) is 21.0 Å². The molecule has 2 aliphatic rings. The van der Waals surface area contributed by atoms with Gasteiger partial charge >= 0.3 is 6.03 Å². The van der Waals surface area contributed by atoms with E-state index in [9.17, 15) is 4.79 Å². The number of carbonyl (C=O) groups is 1. The van der Waals surface area contributed by atoms with Gasteiger partial charge in [-0.1, -0.05) is 11.6 Å². The van der Waals surface area contributed by atoms with Gasteiger partial charge in [0.25, 0.3) is 0 Å². The van der Waals surface area contributed by atoms with Crippen molar-refractivity contribution in [3.63, 3.8) is 0 Å². The normalized spacial score (nSPS) is 18.1. The smallest absolute Gasteiger partial charge is 0.322 e. The standard InChI is InChI=1S/C23H25ClN4O2S/c1-14-19-5-4-9-27(19)22-17(16-8-10-26(2)13-21(16)31-22)12-28(14)23(29)25-18-11-15(24)6-7-20(18)30-3/h4-7,9,11,14H,8,10,12-13H2,1-3H3,(H,25,29)/t14-/m1/s1. The van der Waals surface area contributed by atoms with Gasteiger partial charge in [-0.3, -0.25) is 0 Å². The fraction of sp³-hybridized carbons (Fsp3) is 0.348. The number of methoxy groups -OCH3 is 1. The lowest BCUT2D eigenvalue weighted by molar-refractivity contribution is 0.189. The van der Waals surface area contributed by atoms with Crippen LogP contribution in [-0.2, 0) is 19.5 Å². The molecule has 0 saturated heterocycles. The molecule has 0 bridgehead atoms. The largest absolute Gasteiger partial charge is 0.495 e. The third-order valence-corrected chi connectivity index (χ3v) is 7.72. The van der Waals surface area contributed by atoms with Crippen LogP contribution in [0, 0.1) is 0 Å². The van der Waals surface area contributed by atoms with E-state index in [-0.39, 0.29) is 12.1 Å². The molecular weight excluding hydrogens is 432 g/mol. The van der Waals surface area contributed by atoms with Gasteiger partial charge in [0.15, 0.2) is 0 Å². The van der Waals surface area contributed by atoms with Gasteiger partial charge in [0.2, 0.25) is 0 Å². The summed E-state index contributed by atoms with van der Waals surface area (Å²) in [6.07, 6.45) is 3.12. The molecule has 6 nitrogen and oxygen atoms in total. The van der Waals surface area contributed by atoms with E-state index < -0.39 is 0 Å². The number of thiophene rings is 1. The van der Waals surface area contributed by atoms with Crippen molar-refractivity contribution in [3.05, 3.63) is 63.2 Å². The second-order valence-electron chi connectivity index (χ2n) is 8.16. The van der Waals surface area contributed by atoms with E-state index in [0.29, 0.717) is 23.0 Å². The number of benzene rings is 1. The van der Waals surface area contributed by atoms with E-state index in [0.717, 1.165) is 25.2 Å². The van der Waals surface area contributed by atoms with Crippen LogP contribution in [0.15, 0.2) is 36.5 Å². The van der Waals surface area contributed by atoms with Gasteiger partial charge in [0.05, 0.1) is 25.4 Å². The highest BCUT2D eigenvalue weighted by Crippen LogP contribution is 2.41. The van der Waals surface area contributed by atoms with Crippen LogP contribution >= 0.6 is 22.9 Å². The van der Waals surface area contributed by atoms with Crippen LogP contribution in [-0.4, -0.2) is 41.1 Å². The van der Waals surface area contributed by atoms with E-state index in [2.05, 4.69) is 47.1 Å². The summed E-state index contributed by atoms with van der Waals surface area (Å²) in [4.78, 5) is 19.2. The average Bonchev–Trinajstić information content (AvgIpc) is 3.33. The Bertz CT molecular complexity index is 1150. The fourth-order valence-corrected chi connectivity index (χ4v) is 6.15. The van der Waals surface area contributed by atoms with E-state index in [1.807, 2.05) is 16.2 Å². The van der Waals surface area contributed by atoms with Crippen LogP contribution in [0.5, 0.6) is 5.75 Å². The molecule has 0 unspecified atom stereocenters. The molecule has 0 aliphatic carbocycles. The number of aromatic nitrogens is 1. The van der Waals surface area contributed by atoms with Crippen LogP contribution in [0.4, 0.5) is 10.5 Å². The molecule has 1 N–H and O–H groups in total. The molecule has 2 amide bonds. The number of urea groups is 1. The second kappa shape index (κ2) is 7.89. The molecule has 0 saturated carbocycles. The predicted molar refractivity (Wildman–Crippen MR) is 125 cm³/mol. The van der Waals surface area contributed by atoms with Crippen molar-refractivity contribution >= 4 is 34.7 Å². The highest BCUT2D eigenvalue weighted by Gasteiger charge is 2.33. The van der Waals surface area contributed by atoms with Crippen molar-refractivity contribution in [3.8, 4) is 10.8 Å². The molecule has 1 aromatic carbocycles. The highest BCUT2D eigenvalue weighted by atomic mass is 35.5. The molecule has 5 rings (SSSR count). The molecule has 2 aliphatic heterocycles. The number of nitrogens with one attached hydrogen (secondary N) is 1. The molecule has 0 radical (unpaired) electrons. The predicted octanol–water partition coefficient (Wildman–Crippen LogP) is 5.30. The monoisotopic (exact) mass is 456 g/mol. The zero-order valence-electron chi connectivity index (χ0n) is 17.8. The number of likely N-dealkylation sites (N-methyl/N-ethyl adjacent to an activating group) is 1. The van der Waals surface area contributed by atoms with Crippen LogP contribution in [0.25, 0.3) is 5.00 Å². The Morgan fingerprint density at radius 3 is 2.90 bits per heavy atom. The molecule has 162 valence electrons. The summed E-state index contributed by atoms with van der Waals surface area (Å²) in [6, 6.07) is 9.14. The number of hydrogen-bond acceptors (Lipinski definition) is 4. The van der Waals surface area contributed by atoms with Crippen LogP contribution in [0.1, 0.15) is 34.7 Å². The number of rotatable bonds is 2. The first-order valence-electron chi connectivity index (χ1n) is 10.4. The summed E-state index contributed by atoms with van der Waals surface area (Å²) in [5.41, 5.74) is 4.35. The molecule has 4 heterocycles. The topological polar surface area (TPSA) is 49.7 Å². The van der Waals surface area contributed by atoms with Crippen molar-refractivity contribution in [1.82, 2.24) is 14.4 Å².